The Morgan fingerprint density at radius 1 is 0.733 bits per heavy atom. The van der Waals surface area contributed by atoms with Gasteiger partial charge in [-0.3, -0.25) is 4.79 Å². The van der Waals surface area contributed by atoms with Crippen LogP contribution in [0.3, 0.4) is 0 Å². The molecule has 45 heavy (non-hydrogen) atoms. The van der Waals surface area contributed by atoms with E-state index in [1.165, 1.54) is 11.1 Å². The fraction of sp³-hybridized carbons (Fsp3) is 0.297. The van der Waals surface area contributed by atoms with Crippen LogP contribution >= 0.6 is 0 Å². The number of ether oxygens (including phenoxy) is 6. The molecule has 2 bridgehead atoms. The van der Waals surface area contributed by atoms with Crippen molar-refractivity contribution in [3.8, 4) is 11.5 Å². The van der Waals surface area contributed by atoms with Gasteiger partial charge in [0.15, 0.2) is 0 Å². The molecule has 4 aromatic rings. The van der Waals surface area contributed by atoms with Gasteiger partial charge in [-0.15, -0.1) is 0 Å². The van der Waals surface area contributed by atoms with E-state index < -0.39 is 17.5 Å². The summed E-state index contributed by atoms with van der Waals surface area (Å²) in [6.45, 7) is 4.76. The van der Waals surface area contributed by atoms with E-state index in [1.807, 2.05) is 60.7 Å². The molecule has 0 saturated carbocycles. The average molecular weight is 609 g/mol. The maximum absolute atomic E-state index is 13.7. The zero-order valence-corrected chi connectivity index (χ0v) is 25.2. The van der Waals surface area contributed by atoms with Gasteiger partial charge in [-0.25, -0.2) is 4.79 Å². The van der Waals surface area contributed by atoms with Crippen LogP contribution in [-0.2, 0) is 34.1 Å². The second-order valence-electron chi connectivity index (χ2n) is 10.9. The van der Waals surface area contributed by atoms with E-state index in [0.29, 0.717) is 31.1 Å². The number of methoxy groups -OCH3 is 1. The molecule has 232 valence electrons. The van der Waals surface area contributed by atoms with Crippen LogP contribution in [0.5, 0.6) is 11.5 Å². The SMILES string of the molecule is C=CC(=O)OCCOCCOc1ccc(OCCOC(=O)C2CC3c4ccccc4C2(OC)c2ccccc23)c2ccccc12. The second-order valence-corrected chi connectivity index (χ2v) is 10.9. The number of fused-ring (bicyclic) bond motifs is 2. The fourth-order valence-corrected chi connectivity index (χ4v) is 6.71. The molecule has 3 aliphatic rings. The maximum Gasteiger partial charge on any atom is 0.330 e. The predicted molar refractivity (Wildman–Crippen MR) is 168 cm³/mol. The molecule has 0 saturated heterocycles. The minimum atomic E-state index is -0.894. The molecule has 0 aliphatic heterocycles. The lowest BCUT2D eigenvalue weighted by molar-refractivity contribution is -0.163. The first-order valence-corrected chi connectivity index (χ1v) is 15.1. The highest BCUT2D eigenvalue weighted by Gasteiger charge is 2.58. The van der Waals surface area contributed by atoms with Crippen molar-refractivity contribution in [3.63, 3.8) is 0 Å². The third-order valence-corrected chi connectivity index (χ3v) is 8.59. The molecule has 8 nitrogen and oxygen atoms in total. The Labute approximate surface area is 262 Å². The average Bonchev–Trinajstić information content (AvgIpc) is 3.09. The maximum atomic E-state index is 13.7. The smallest absolute Gasteiger partial charge is 0.330 e. The van der Waals surface area contributed by atoms with E-state index in [4.69, 9.17) is 28.4 Å². The van der Waals surface area contributed by atoms with Crippen LogP contribution in [0.1, 0.15) is 34.6 Å². The van der Waals surface area contributed by atoms with Gasteiger partial charge in [0.05, 0.1) is 19.1 Å². The molecular formula is C37H36O8. The van der Waals surface area contributed by atoms with E-state index in [1.54, 1.807) is 7.11 Å². The highest BCUT2D eigenvalue weighted by molar-refractivity contribution is 5.93. The summed E-state index contributed by atoms with van der Waals surface area (Å²) in [4.78, 5) is 24.7. The lowest BCUT2D eigenvalue weighted by Crippen LogP contribution is -2.52. The molecule has 1 unspecified atom stereocenters. The Bertz CT molecular complexity index is 1650. The van der Waals surface area contributed by atoms with Crippen LogP contribution in [0.4, 0.5) is 0 Å². The Balaban J connectivity index is 1.06. The lowest BCUT2D eigenvalue weighted by atomic mass is 9.56. The first-order chi connectivity index (χ1) is 22.1. The van der Waals surface area contributed by atoms with Crippen molar-refractivity contribution in [2.24, 2.45) is 5.92 Å². The molecule has 0 aromatic heterocycles. The number of hydrogen-bond acceptors (Lipinski definition) is 8. The zero-order chi connectivity index (χ0) is 31.2. The predicted octanol–water partition coefficient (Wildman–Crippen LogP) is 5.94. The Hall–Kier alpha value is -4.66. The van der Waals surface area contributed by atoms with Crippen molar-refractivity contribution >= 4 is 22.7 Å². The van der Waals surface area contributed by atoms with Gasteiger partial charge >= 0.3 is 11.9 Å². The molecule has 0 N–H and O–H groups in total. The van der Waals surface area contributed by atoms with Gasteiger partial charge in [-0.2, -0.15) is 0 Å². The number of esters is 2. The molecule has 0 heterocycles. The van der Waals surface area contributed by atoms with Crippen molar-refractivity contribution in [2.45, 2.75) is 17.9 Å². The second kappa shape index (κ2) is 13.5. The van der Waals surface area contributed by atoms with E-state index in [-0.39, 0.29) is 38.3 Å². The van der Waals surface area contributed by atoms with Gasteiger partial charge in [0.1, 0.15) is 43.5 Å². The molecule has 3 aliphatic carbocycles. The van der Waals surface area contributed by atoms with Crippen LogP contribution in [0.2, 0.25) is 0 Å². The van der Waals surface area contributed by atoms with Gasteiger partial charge in [0.2, 0.25) is 0 Å². The third kappa shape index (κ3) is 5.79. The minimum Gasteiger partial charge on any atom is -0.491 e. The molecule has 7 rings (SSSR count). The highest BCUT2D eigenvalue weighted by atomic mass is 16.6. The van der Waals surface area contributed by atoms with Gasteiger partial charge < -0.3 is 28.4 Å². The summed E-state index contributed by atoms with van der Waals surface area (Å²) >= 11 is 0. The quantitative estimate of drug-likeness (QED) is 0.0987. The molecule has 0 radical (unpaired) electrons. The summed E-state index contributed by atoms with van der Waals surface area (Å²) in [7, 11) is 1.68. The largest absolute Gasteiger partial charge is 0.491 e. The number of hydrogen-bond donors (Lipinski definition) is 0. The molecule has 4 aromatic carbocycles. The summed E-state index contributed by atoms with van der Waals surface area (Å²) < 4.78 is 34.5. The van der Waals surface area contributed by atoms with Gasteiger partial charge in [0.25, 0.3) is 0 Å². The van der Waals surface area contributed by atoms with Crippen LogP contribution in [0.25, 0.3) is 10.8 Å². The van der Waals surface area contributed by atoms with Crippen LogP contribution in [0, 0.1) is 5.92 Å². The Morgan fingerprint density at radius 3 is 1.87 bits per heavy atom. The van der Waals surface area contributed by atoms with E-state index in [9.17, 15) is 9.59 Å². The van der Waals surface area contributed by atoms with E-state index >= 15 is 0 Å². The van der Waals surface area contributed by atoms with Crippen molar-refractivity contribution in [1.29, 1.82) is 0 Å². The highest BCUT2D eigenvalue weighted by Crippen LogP contribution is 2.59. The molecular weight excluding hydrogens is 572 g/mol. The minimum absolute atomic E-state index is 0.106. The van der Waals surface area contributed by atoms with Crippen molar-refractivity contribution in [1.82, 2.24) is 0 Å². The molecule has 0 spiro atoms. The van der Waals surface area contributed by atoms with Crippen LogP contribution in [0.15, 0.2) is 97.6 Å². The Kier molecular flexibility index (Phi) is 9.14. The summed E-state index contributed by atoms with van der Waals surface area (Å²) in [6.07, 6.45) is 1.74. The van der Waals surface area contributed by atoms with Crippen LogP contribution < -0.4 is 9.47 Å². The molecule has 8 heteroatoms. The number of carbonyl (C=O) groups excluding carboxylic acids is 2. The number of rotatable bonds is 14. The van der Waals surface area contributed by atoms with E-state index in [0.717, 1.165) is 28.0 Å². The number of benzene rings is 4. The summed E-state index contributed by atoms with van der Waals surface area (Å²) in [6, 6.07) is 28.0. The summed E-state index contributed by atoms with van der Waals surface area (Å²) in [5.41, 5.74) is 3.60. The molecule has 1 atom stereocenters. The van der Waals surface area contributed by atoms with Gasteiger partial charge in [-0.05, 0) is 40.8 Å². The summed E-state index contributed by atoms with van der Waals surface area (Å²) in [5.74, 6) is 0.245. The number of carbonyl (C=O) groups is 2. The Morgan fingerprint density at radius 2 is 1.27 bits per heavy atom. The van der Waals surface area contributed by atoms with Gasteiger partial charge in [-0.1, -0.05) is 79.4 Å². The lowest BCUT2D eigenvalue weighted by Gasteiger charge is -2.52. The summed E-state index contributed by atoms with van der Waals surface area (Å²) in [5, 5.41) is 1.78. The molecule has 0 fully saturated rings. The normalized spacial score (nSPS) is 19.3. The first-order valence-electron chi connectivity index (χ1n) is 15.1. The van der Waals surface area contributed by atoms with Crippen LogP contribution in [-0.4, -0.2) is 58.7 Å². The monoisotopic (exact) mass is 608 g/mol. The molecule has 0 amide bonds. The van der Waals surface area contributed by atoms with Crippen molar-refractivity contribution in [2.75, 3.05) is 46.8 Å². The van der Waals surface area contributed by atoms with Crippen molar-refractivity contribution < 1.29 is 38.0 Å². The van der Waals surface area contributed by atoms with Gasteiger partial charge in [0, 0.05) is 29.9 Å². The van der Waals surface area contributed by atoms with E-state index in [2.05, 4.69) is 30.8 Å². The standard InChI is InChI=1S/C37H36O8/c1-3-35(38)44-21-19-41-18-20-42-33-16-17-34(28-13-5-4-12-27(28)33)43-22-23-45-36(39)32-24-29-25-10-6-8-14-30(25)37(32,40-2)31-15-9-7-11-26(29)31/h3-17,29,32H,1,18-24H2,2H3. The first kappa shape index (κ1) is 30.4. The zero-order valence-electron chi connectivity index (χ0n) is 25.2. The topological polar surface area (TPSA) is 89.5 Å². The fourth-order valence-electron chi connectivity index (χ4n) is 6.71. The van der Waals surface area contributed by atoms with Crippen molar-refractivity contribution in [3.05, 3.63) is 120 Å². The third-order valence-electron chi connectivity index (χ3n) is 8.59.